The van der Waals surface area contributed by atoms with E-state index in [-0.39, 0.29) is 6.04 Å². The van der Waals surface area contributed by atoms with E-state index in [2.05, 4.69) is 38.8 Å². The van der Waals surface area contributed by atoms with Gasteiger partial charge in [0, 0.05) is 35.5 Å². The lowest BCUT2D eigenvalue weighted by Gasteiger charge is -2.38. The van der Waals surface area contributed by atoms with Crippen molar-refractivity contribution in [2.24, 2.45) is 5.73 Å². The van der Waals surface area contributed by atoms with Gasteiger partial charge in [-0.15, -0.1) is 0 Å². The van der Waals surface area contributed by atoms with Crippen LogP contribution in [0.4, 0.5) is 0 Å². The van der Waals surface area contributed by atoms with Crippen molar-refractivity contribution in [1.82, 2.24) is 9.88 Å². The molecule has 2 unspecified atom stereocenters. The molecule has 2 rings (SSSR count). The van der Waals surface area contributed by atoms with E-state index >= 15 is 0 Å². The predicted octanol–water partition coefficient (Wildman–Crippen LogP) is 2.55. The maximum absolute atomic E-state index is 6.07. The zero-order valence-corrected chi connectivity index (χ0v) is 11.9. The van der Waals surface area contributed by atoms with E-state index < -0.39 is 0 Å². The number of halogens is 1. The molecule has 94 valence electrons. The number of nitrogens with zero attached hydrogens (tertiary/aromatic N) is 2. The molecule has 0 bridgehead atoms. The van der Waals surface area contributed by atoms with Crippen LogP contribution in [0.3, 0.4) is 0 Å². The normalized spacial score (nSPS) is 23.6. The zero-order valence-electron chi connectivity index (χ0n) is 10.3. The van der Waals surface area contributed by atoms with Gasteiger partial charge in [0.25, 0.3) is 0 Å². The number of hydrogen-bond donors (Lipinski definition) is 1. The van der Waals surface area contributed by atoms with Crippen LogP contribution in [0.1, 0.15) is 31.7 Å². The van der Waals surface area contributed by atoms with Crippen LogP contribution in [0, 0.1) is 0 Å². The van der Waals surface area contributed by atoms with Crippen molar-refractivity contribution >= 4 is 15.9 Å². The molecule has 1 aliphatic rings. The second-order valence-electron chi connectivity index (χ2n) is 4.90. The molecule has 0 aliphatic carbocycles. The quantitative estimate of drug-likeness (QED) is 0.932. The van der Waals surface area contributed by atoms with Gasteiger partial charge in [0.05, 0.1) is 0 Å². The van der Waals surface area contributed by atoms with Gasteiger partial charge in [-0.2, -0.15) is 0 Å². The Morgan fingerprint density at radius 1 is 1.53 bits per heavy atom. The maximum Gasteiger partial charge on any atom is 0.0410 e. The Balaban J connectivity index is 2.05. The third kappa shape index (κ3) is 3.50. The molecule has 2 atom stereocenters. The minimum atomic E-state index is 0.246. The van der Waals surface area contributed by atoms with E-state index in [0.717, 1.165) is 17.6 Å². The highest BCUT2D eigenvalue weighted by molar-refractivity contribution is 9.10. The molecule has 0 aromatic carbocycles. The Bertz CT molecular complexity index is 367. The molecule has 3 nitrogen and oxygen atoms in total. The summed E-state index contributed by atoms with van der Waals surface area (Å²) >= 11 is 3.47. The summed E-state index contributed by atoms with van der Waals surface area (Å²) < 4.78 is 1.05. The lowest BCUT2D eigenvalue weighted by Crippen LogP contribution is -2.48. The number of pyridine rings is 1. The molecular weight excluding hydrogens is 278 g/mol. The number of piperidine rings is 1. The van der Waals surface area contributed by atoms with Crippen LogP contribution in [-0.2, 0) is 6.54 Å². The van der Waals surface area contributed by atoms with Gasteiger partial charge in [-0.05, 0) is 53.9 Å². The Morgan fingerprint density at radius 2 is 2.35 bits per heavy atom. The Hall–Kier alpha value is -0.450. The molecule has 2 heterocycles. The van der Waals surface area contributed by atoms with Gasteiger partial charge >= 0.3 is 0 Å². The van der Waals surface area contributed by atoms with Gasteiger partial charge in [0.1, 0.15) is 0 Å². The van der Waals surface area contributed by atoms with E-state index in [9.17, 15) is 0 Å². The maximum atomic E-state index is 6.07. The third-order valence-electron chi connectivity index (χ3n) is 3.42. The van der Waals surface area contributed by atoms with Crippen molar-refractivity contribution in [1.29, 1.82) is 0 Å². The number of rotatable bonds is 3. The van der Waals surface area contributed by atoms with Crippen molar-refractivity contribution in [3.63, 3.8) is 0 Å². The summed E-state index contributed by atoms with van der Waals surface area (Å²) in [6.07, 6.45) is 7.57. The van der Waals surface area contributed by atoms with E-state index in [1.54, 1.807) is 0 Å². The molecule has 0 saturated carbocycles. The van der Waals surface area contributed by atoms with Gasteiger partial charge < -0.3 is 5.73 Å². The highest BCUT2D eigenvalue weighted by atomic mass is 79.9. The fourth-order valence-electron chi connectivity index (χ4n) is 2.59. The number of likely N-dealkylation sites (tertiary alicyclic amines) is 1. The second kappa shape index (κ2) is 5.94. The molecule has 1 aliphatic heterocycles. The average molecular weight is 298 g/mol. The van der Waals surface area contributed by atoms with E-state index in [1.165, 1.54) is 24.8 Å². The van der Waals surface area contributed by atoms with Gasteiger partial charge in [-0.25, -0.2) is 0 Å². The first-order chi connectivity index (χ1) is 8.16. The summed E-state index contributed by atoms with van der Waals surface area (Å²) in [7, 11) is 0. The molecule has 0 radical (unpaired) electrons. The third-order valence-corrected chi connectivity index (χ3v) is 3.85. The largest absolute Gasteiger partial charge is 0.327 e. The van der Waals surface area contributed by atoms with Gasteiger partial charge in [0.2, 0.25) is 0 Å². The summed E-state index contributed by atoms with van der Waals surface area (Å²) in [5, 5.41) is 0. The topological polar surface area (TPSA) is 42.1 Å². The van der Waals surface area contributed by atoms with Crippen LogP contribution < -0.4 is 5.73 Å². The van der Waals surface area contributed by atoms with E-state index in [1.807, 2.05) is 12.4 Å². The zero-order chi connectivity index (χ0) is 12.3. The lowest BCUT2D eigenvalue weighted by molar-refractivity contribution is 0.123. The van der Waals surface area contributed by atoms with Crippen LogP contribution in [0.25, 0.3) is 0 Å². The molecule has 0 spiro atoms. The molecule has 0 amide bonds. The highest BCUT2D eigenvalue weighted by Crippen LogP contribution is 2.22. The molecule has 17 heavy (non-hydrogen) atoms. The first-order valence-corrected chi connectivity index (χ1v) is 7.05. The highest BCUT2D eigenvalue weighted by Gasteiger charge is 2.25. The molecule has 1 fully saturated rings. The summed E-state index contributed by atoms with van der Waals surface area (Å²) in [6, 6.07) is 2.90. The number of aromatic nitrogens is 1. The van der Waals surface area contributed by atoms with Crippen molar-refractivity contribution in [3.8, 4) is 0 Å². The summed E-state index contributed by atoms with van der Waals surface area (Å²) in [5.41, 5.74) is 7.33. The minimum Gasteiger partial charge on any atom is -0.327 e. The van der Waals surface area contributed by atoms with Crippen molar-refractivity contribution < 1.29 is 0 Å². The lowest BCUT2D eigenvalue weighted by atomic mass is 9.96. The van der Waals surface area contributed by atoms with Gasteiger partial charge in [-0.3, -0.25) is 9.88 Å². The average Bonchev–Trinajstić information content (AvgIpc) is 2.29. The van der Waals surface area contributed by atoms with Crippen molar-refractivity contribution in [3.05, 3.63) is 28.5 Å². The van der Waals surface area contributed by atoms with Crippen molar-refractivity contribution in [2.75, 3.05) is 6.54 Å². The summed E-state index contributed by atoms with van der Waals surface area (Å²) in [6.45, 7) is 4.22. The van der Waals surface area contributed by atoms with E-state index in [4.69, 9.17) is 5.73 Å². The summed E-state index contributed by atoms with van der Waals surface area (Å²) in [5.74, 6) is 0. The molecule has 4 heteroatoms. The van der Waals surface area contributed by atoms with Gasteiger partial charge in [0.15, 0.2) is 0 Å². The summed E-state index contributed by atoms with van der Waals surface area (Å²) in [4.78, 5) is 6.71. The number of nitrogens with two attached hydrogens (primary N) is 1. The molecular formula is C13H20BrN3. The second-order valence-corrected chi connectivity index (χ2v) is 5.82. The monoisotopic (exact) mass is 297 g/mol. The van der Waals surface area contributed by atoms with Crippen LogP contribution >= 0.6 is 15.9 Å². The van der Waals surface area contributed by atoms with Crippen LogP contribution in [0.2, 0.25) is 0 Å². The molecule has 1 aromatic heterocycles. The van der Waals surface area contributed by atoms with Crippen LogP contribution in [0.15, 0.2) is 22.9 Å². The Labute approximate surface area is 112 Å². The first-order valence-electron chi connectivity index (χ1n) is 6.26. The molecule has 1 aromatic rings. The van der Waals surface area contributed by atoms with E-state index in [0.29, 0.717) is 6.04 Å². The molecule has 1 saturated heterocycles. The first kappa shape index (κ1) is 13.0. The fraction of sp³-hybridized carbons (Fsp3) is 0.615. The Morgan fingerprint density at radius 3 is 3.06 bits per heavy atom. The van der Waals surface area contributed by atoms with Crippen LogP contribution in [0.5, 0.6) is 0 Å². The molecule has 2 N–H and O–H groups in total. The predicted molar refractivity (Wildman–Crippen MR) is 73.6 cm³/mol. The smallest absolute Gasteiger partial charge is 0.0410 e. The number of hydrogen-bond acceptors (Lipinski definition) is 3. The fourth-order valence-corrected chi connectivity index (χ4v) is 3.00. The SMILES string of the molecule is CC(N)C1CCCCN1Cc1cncc(Br)c1. The van der Waals surface area contributed by atoms with Crippen LogP contribution in [-0.4, -0.2) is 28.5 Å². The minimum absolute atomic E-state index is 0.246. The van der Waals surface area contributed by atoms with Crippen molar-refractivity contribution in [2.45, 2.75) is 44.8 Å². The standard InChI is InChI=1S/C13H20BrN3/c1-10(15)13-4-2-3-5-17(13)9-11-6-12(14)8-16-7-11/h6-8,10,13H,2-5,9,15H2,1H3. The Kier molecular flexibility index (Phi) is 4.54. The van der Waals surface area contributed by atoms with Gasteiger partial charge in [-0.1, -0.05) is 6.42 Å².